The molecule has 0 aliphatic rings. The summed E-state index contributed by atoms with van der Waals surface area (Å²) in [6.07, 6.45) is 1.01. The highest BCUT2D eigenvalue weighted by Crippen LogP contribution is 2.11. The smallest absolute Gasteiger partial charge is 0.225 e. The van der Waals surface area contributed by atoms with Crippen LogP contribution in [0.4, 0.5) is 11.5 Å². The van der Waals surface area contributed by atoms with Gasteiger partial charge in [0.1, 0.15) is 11.0 Å². The first kappa shape index (κ1) is 13.4. The van der Waals surface area contributed by atoms with Crippen molar-refractivity contribution in [2.75, 3.05) is 11.1 Å². The van der Waals surface area contributed by atoms with E-state index in [2.05, 4.69) is 10.3 Å². The van der Waals surface area contributed by atoms with Gasteiger partial charge in [-0.15, -0.1) is 0 Å². The van der Waals surface area contributed by atoms with Crippen LogP contribution in [0.25, 0.3) is 0 Å². The first-order valence-corrected chi connectivity index (χ1v) is 6.28. The number of nitrogens with zero attached hydrogens (tertiary/aromatic N) is 1. The molecule has 2 aromatic rings. The van der Waals surface area contributed by atoms with Crippen LogP contribution in [0.5, 0.6) is 0 Å². The number of nitrogen functional groups attached to an aromatic ring is 1. The Kier molecular flexibility index (Phi) is 4.36. The van der Waals surface area contributed by atoms with Crippen LogP contribution in [0.15, 0.2) is 42.5 Å². The van der Waals surface area contributed by atoms with Crippen molar-refractivity contribution in [3.8, 4) is 0 Å². The fourth-order valence-corrected chi connectivity index (χ4v) is 1.85. The first-order valence-electron chi connectivity index (χ1n) is 5.90. The van der Waals surface area contributed by atoms with Gasteiger partial charge in [0.25, 0.3) is 0 Å². The van der Waals surface area contributed by atoms with Gasteiger partial charge < -0.3 is 11.1 Å². The molecule has 98 valence electrons. The summed E-state index contributed by atoms with van der Waals surface area (Å²) in [6.45, 7) is 0. The predicted molar refractivity (Wildman–Crippen MR) is 77.1 cm³/mol. The third-order valence-corrected chi connectivity index (χ3v) is 2.78. The number of hydrogen-bond donors (Lipinski definition) is 2. The minimum atomic E-state index is -0.0998. The number of carbonyl (C=O) groups excluding carboxylic acids is 1. The molecule has 0 saturated heterocycles. The van der Waals surface area contributed by atoms with Crippen LogP contribution < -0.4 is 11.1 Å². The van der Waals surface area contributed by atoms with E-state index in [1.165, 1.54) is 0 Å². The largest absolute Gasteiger partial charge is 0.399 e. The molecule has 1 amide bonds. The quantitative estimate of drug-likeness (QED) is 0.666. The van der Waals surface area contributed by atoms with Gasteiger partial charge in [0.15, 0.2) is 0 Å². The van der Waals surface area contributed by atoms with Crippen molar-refractivity contribution >= 4 is 29.0 Å². The summed E-state index contributed by atoms with van der Waals surface area (Å²) in [5, 5.41) is 3.06. The van der Waals surface area contributed by atoms with Crippen LogP contribution in [0.3, 0.4) is 0 Å². The van der Waals surface area contributed by atoms with Crippen LogP contribution in [-0.2, 0) is 11.2 Å². The Bertz CT molecular complexity index is 586. The molecule has 0 aliphatic heterocycles. The Morgan fingerprint density at radius 1 is 1.26 bits per heavy atom. The lowest BCUT2D eigenvalue weighted by Gasteiger charge is -2.05. The summed E-state index contributed by atoms with van der Waals surface area (Å²) < 4.78 is 0. The zero-order chi connectivity index (χ0) is 13.7. The van der Waals surface area contributed by atoms with E-state index in [0.717, 1.165) is 5.56 Å². The number of pyridine rings is 1. The molecule has 2 rings (SSSR count). The minimum Gasteiger partial charge on any atom is -0.399 e. The molecular formula is C14H14ClN3O. The zero-order valence-corrected chi connectivity index (χ0v) is 11.0. The van der Waals surface area contributed by atoms with Gasteiger partial charge in [-0.2, -0.15) is 0 Å². The molecule has 0 aliphatic carbocycles. The molecule has 5 heteroatoms. The summed E-state index contributed by atoms with van der Waals surface area (Å²) in [7, 11) is 0. The summed E-state index contributed by atoms with van der Waals surface area (Å²) >= 11 is 5.74. The number of hydrogen-bond acceptors (Lipinski definition) is 3. The van der Waals surface area contributed by atoms with Crippen LogP contribution in [0.1, 0.15) is 12.0 Å². The third-order valence-electron chi connectivity index (χ3n) is 2.57. The Labute approximate surface area is 116 Å². The van der Waals surface area contributed by atoms with E-state index in [4.69, 9.17) is 17.3 Å². The highest BCUT2D eigenvalue weighted by molar-refractivity contribution is 6.29. The molecule has 0 bridgehead atoms. The monoisotopic (exact) mass is 275 g/mol. The minimum absolute atomic E-state index is 0.0998. The molecule has 0 radical (unpaired) electrons. The number of carbonyl (C=O) groups is 1. The van der Waals surface area contributed by atoms with Crippen LogP contribution >= 0.6 is 11.6 Å². The molecule has 19 heavy (non-hydrogen) atoms. The van der Waals surface area contributed by atoms with Gasteiger partial charge in [-0.25, -0.2) is 4.98 Å². The van der Waals surface area contributed by atoms with Gasteiger partial charge in [-0.1, -0.05) is 29.8 Å². The molecule has 0 fully saturated rings. The Morgan fingerprint density at radius 3 is 2.79 bits per heavy atom. The van der Waals surface area contributed by atoms with Gasteiger partial charge in [-0.3, -0.25) is 4.79 Å². The standard InChI is InChI=1S/C14H14ClN3O/c15-12-5-2-6-13(17-12)18-14(19)8-7-10-3-1-4-11(16)9-10/h1-6,9H,7-8,16H2,(H,17,18,19). The Morgan fingerprint density at radius 2 is 2.05 bits per heavy atom. The number of rotatable bonds is 4. The van der Waals surface area contributed by atoms with E-state index in [0.29, 0.717) is 29.5 Å². The van der Waals surface area contributed by atoms with Gasteiger partial charge in [0.2, 0.25) is 5.91 Å². The van der Waals surface area contributed by atoms with Crippen LogP contribution in [-0.4, -0.2) is 10.9 Å². The maximum absolute atomic E-state index is 11.8. The number of halogens is 1. The lowest BCUT2D eigenvalue weighted by Crippen LogP contribution is -2.13. The highest BCUT2D eigenvalue weighted by atomic mass is 35.5. The summed E-state index contributed by atoms with van der Waals surface area (Å²) in [6, 6.07) is 12.6. The first-order chi connectivity index (χ1) is 9.13. The van der Waals surface area contributed by atoms with E-state index >= 15 is 0 Å². The van der Waals surface area contributed by atoms with Gasteiger partial charge in [0, 0.05) is 12.1 Å². The second-order valence-corrected chi connectivity index (χ2v) is 4.53. The molecule has 0 saturated carbocycles. The molecule has 1 aromatic heterocycles. The van der Waals surface area contributed by atoms with E-state index in [1.807, 2.05) is 24.3 Å². The number of amides is 1. The SMILES string of the molecule is Nc1cccc(CCC(=O)Nc2cccc(Cl)n2)c1. The van der Waals surface area contributed by atoms with Crippen molar-refractivity contribution in [1.82, 2.24) is 4.98 Å². The maximum Gasteiger partial charge on any atom is 0.225 e. The average Bonchev–Trinajstić information content (AvgIpc) is 2.36. The highest BCUT2D eigenvalue weighted by Gasteiger charge is 2.04. The summed E-state index contributed by atoms with van der Waals surface area (Å²) in [4.78, 5) is 15.8. The summed E-state index contributed by atoms with van der Waals surface area (Å²) in [5.74, 6) is 0.363. The van der Waals surface area contributed by atoms with Crippen molar-refractivity contribution in [2.24, 2.45) is 0 Å². The molecular weight excluding hydrogens is 262 g/mol. The topological polar surface area (TPSA) is 68.0 Å². The summed E-state index contributed by atoms with van der Waals surface area (Å²) in [5.41, 5.74) is 7.42. The van der Waals surface area contributed by atoms with Crippen molar-refractivity contribution in [1.29, 1.82) is 0 Å². The normalized spacial score (nSPS) is 10.2. The van der Waals surface area contributed by atoms with E-state index in [-0.39, 0.29) is 5.91 Å². The Hall–Kier alpha value is -2.07. The van der Waals surface area contributed by atoms with Gasteiger partial charge >= 0.3 is 0 Å². The van der Waals surface area contributed by atoms with Crippen LogP contribution in [0.2, 0.25) is 5.15 Å². The van der Waals surface area contributed by atoms with Crippen LogP contribution in [0, 0.1) is 0 Å². The lowest BCUT2D eigenvalue weighted by atomic mass is 10.1. The molecule has 3 N–H and O–H groups in total. The van der Waals surface area contributed by atoms with E-state index in [1.54, 1.807) is 18.2 Å². The second-order valence-electron chi connectivity index (χ2n) is 4.14. The molecule has 1 heterocycles. The molecule has 4 nitrogen and oxygen atoms in total. The van der Waals surface area contributed by atoms with Crippen molar-refractivity contribution in [2.45, 2.75) is 12.8 Å². The van der Waals surface area contributed by atoms with Gasteiger partial charge in [0.05, 0.1) is 0 Å². The fourth-order valence-electron chi connectivity index (χ4n) is 1.69. The Balaban J connectivity index is 1.88. The number of nitrogens with one attached hydrogen (secondary N) is 1. The average molecular weight is 276 g/mol. The fraction of sp³-hybridized carbons (Fsp3) is 0.143. The molecule has 0 spiro atoms. The molecule has 1 aromatic carbocycles. The maximum atomic E-state index is 11.8. The molecule has 0 atom stereocenters. The number of aryl methyl sites for hydroxylation is 1. The third kappa shape index (κ3) is 4.26. The van der Waals surface area contributed by atoms with Crippen molar-refractivity contribution < 1.29 is 4.79 Å². The van der Waals surface area contributed by atoms with Gasteiger partial charge in [-0.05, 0) is 36.2 Å². The van der Waals surface area contributed by atoms with E-state index in [9.17, 15) is 4.79 Å². The van der Waals surface area contributed by atoms with Crippen molar-refractivity contribution in [3.05, 3.63) is 53.2 Å². The molecule has 0 unspecified atom stereocenters. The zero-order valence-electron chi connectivity index (χ0n) is 10.3. The number of benzene rings is 1. The number of aromatic nitrogens is 1. The lowest BCUT2D eigenvalue weighted by molar-refractivity contribution is -0.116. The second kappa shape index (κ2) is 6.20. The van der Waals surface area contributed by atoms with E-state index < -0.39 is 0 Å². The van der Waals surface area contributed by atoms with Crippen molar-refractivity contribution in [3.63, 3.8) is 0 Å². The predicted octanol–water partition coefficient (Wildman–Crippen LogP) is 2.89. The number of anilines is 2. The number of nitrogens with two attached hydrogens (primary N) is 1.